The molecule has 21 heavy (non-hydrogen) atoms. The highest BCUT2D eigenvalue weighted by atomic mass is 16.1. The van der Waals surface area contributed by atoms with Gasteiger partial charge in [0.1, 0.15) is 5.78 Å². The third-order valence-electron chi connectivity index (χ3n) is 4.14. The van der Waals surface area contributed by atoms with E-state index >= 15 is 0 Å². The van der Waals surface area contributed by atoms with Crippen LogP contribution in [0.25, 0.3) is 0 Å². The first kappa shape index (κ1) is 19.6. The van der Waals surface area contributed by atoms with Gasteiger partial charge in [-0.05, 0) is 51.0 Å². The van der Waals surface area contributed by atoms with Gasteiger partial charge in [0.2, 0.25) is 5.91 Å². The summed E-state index contributed by atoms with van der Waals surface area (Å²) in [7, 11) is 1.62. The molecular weight excluding hydrogens is 266 g/mol. The van der Waals surface area contributed by atoms with Crippen LogP contribution >= 0.6 is 0 Å². The molecule has 0 aliphatic carbocycles. The van der Waals surface area contributed by atoms with Crippen molar-refractivity contribution in [3.05, 3.63) is 11.6 Å². The van der Waals surface area contributed by atoms with Gasteiger partial charge in [0.15, 0.2) is 5.78 Å². The molecule has 0 aliphatic rings. The molecule has 4 heteroatoms. The highest BCUT2D eigenvalue weighted by Gasteiger charge is 2.26. The van der Waals surface area contributed by atoms with Crippen molar-refractivity contribution >= 4 is 17.5 Å². The summed E-state index contributed by atoms with van der Waals surface area (Å²) >= 11 is 0. The van der Waals surface area contributed by atoms with Gasteiger partial charge in [-0.25, -0.2) is 0 Å². The fourth-order valence-corrected chi connectivity index (χ4v) is 2.17. The third kappa shape index (κ3) is 8.43. The number of hydrogen-bond donors (Lipinski definition) is 1. The molecule has 0 bridgehead atoms. The fraction of sp³-hybridized carbons (Fsp3) is 0.706. The number of ketones is 2. The molecule has 120 valence electrons. The van der Waals surface area contributed by atoms with E-state index in [-0.39, 0.29) is 22.9 Å². The molecule has 1 unspecified atom stereocenters. The maximum Gasteiger partial charge on any atom is 0.219 e. The number of nitrogens with one attached hydrogen (secondary N) is 1. The van der Waals surface area contributed by atoms with Crippen LogP contribution in [0.2, 0.25) is 0 Å². The monoisotopic (exact) mass is 295 g/mol. The van der Waals surface area contributed by atoms with Crippen LogP contribution in [-0.2, 0) is 14.4 Å². The van der Waals surface area contributed by atoms with Crippen LogP contribution in [0.3, 0.4) is 0 Å². The Kier molecular flexibility index (Phi) is 8.83. The van der Waals surface area contributed by atoms with Crippen molar-refractivity contribution in [3.8, 4) is 0 Å². The number of rotatable bonds is 10. The van der Waals surface area contributed by atoms with Crippen molar-refractivity contribution in [3.63, 3.8) is 0 Å². The summed E-state index contributed by atoms with van der Waals surface area (Å²) in [5.74, 6) is 0.295. The lowest BCUT2D eigenvalue weighted by atomic mass is 9.76. The van der Waals surface area contributed by atoms with Gasteiger partial charge >= 0.3 is 0 Å². The van der Waals surface area contributed by atoms with E-state index in [4.69, 9.17) is 0 Å². The quantitative estimate of drug-likeness (QED) is 0.629. The standard InChI is InChI=1S/C17H29NO3/c1-6-13(2)15(20)8-11-17(4,10-7-14(3)19)12-9-16(21)18-5/h6H,7-12H2,1-5H3,(H,18,21)/b13-6-. The van der Waals surface area contributed by atoms with E-state index in [0.29, 0.717) is 32.1 Å². The Morgan fingerprint density at radius 2 is 1.52 bits per heavy atom. The average Bonchev–Trinajstić information content (AvgIpc) is 2.47. The first-order valence-corrected chi connectivity index (χ1v) is 7.60. The molecule has 1 amide bonds. The van der Waals surface area contributed by atoms with Gasteiger partial charge in [0, 0.05) is 26.3 Å². The topological polar surface area (TPSA) is 63.2 Å². The molecule has 0 aromatic heterocycles. The minimum absolute atomic E-state index is 0.0000103. The molecule has 0 radical (unpaired) electrons. The predicted octanol–water partition coefficient (Wildman–Crippen LogP) is 3.20. The second-order valence-electron chi connectivity index (χ2n) is 6.08. The van der Waals surface area contributed by atoms with Crippen LogP contribution in [-0.4, -0.2) is 24.5 Å². The molecule has 0 heterocycles. The largest absolute Gasteiger partial charge is 0.359 e. The van der Waals surface area contributed by atoms with E-state index in [0.717, 1.165) is 12.0 Å². The Morgan fingerprint density at radius 3 is 2.00 bits per heavy atom. The predicted molar refractivity (Wildman–Crippen MR) is 85.0 cm³/mol. The number of allylic oxidation sites excluding steroid dienone is 2. The lowest BCUT2D eigenvalue weighted by Gasteiger charge is -2.29. The average molecular weight is 295 g/mol. The number of amides is 1. The first-order chi connectivity index (χ1) is 9.74. The first-order valence-electron chi connectivity index (χ1n) is 7.60. The smallest absolute Gasteiger partial charge is 0.219 e. The summed E-state index contributed by atoms with van der Waals surface area (Å²) in [5.41, 5.74) is 0.622. The van der Waals surface area contributed by atoms with Gasteiger partial charge in [-0.2, -0.15) is 0 Å². The van der Waals surface area contributed by atoms with Crippen molar-refractivity contribution in [1.29, 1.82) is 0 Å². The SMILES string of the molecule is C/C=C(/C)C(=O)CCC(C)(CCC(C)=O)CCC(=O)NC. The fourth-order valence-electron chi connectivity index (χ4n) is 2.17. The Hall–Kier alpha value is -1.45. The van der Waals surface area contributed by atoms with Gasteiger partial charge in [-0.3, -0.25) is 9.59 Å². The molecule has 0 aliphatic heterocycles. The normalized spacial score (nSPS) is 14.4. The Balaban J connectivity index is 4.66. The van der Waals surface area contributed by atoms with Crippen molar-refractivity contribution < 1.29 is 14.4 Å². The summed E-state index contributed by atoms with van der Waals surface area (Å²) < 4.78 is 0. The van der Waals surface area contributed by atoms with Gasteiger partial charge < -0.3 is 10.1 Å². The number of Topliss-reactive ketones (excluding diaryl/α,β-unsaturated/α-hetero) is 2. The molecule has 0 spiro atoms. The van der Waals surface area contributed by atoms with Crippen LogP contribution in [0.5, 0.6) is 0 Å². The van der Waals surface area contributed by atoms with E-state index in [2.05, 4.69) is 12.2 Å². The van der Waals surface area contributed by atoms with E-state index in [1.54, 1.807) is 14.0 Å². The van der Waals surface area contributed by atoms with Crippen molar-refractivity contribution in [2.45, 2.75) is 66.2 Å². The van der Waals surface area contributed by atoms with Crippen molar-refractivity contribution in [2.75, 3.05) is 7.05 Å². The molecule has 0 saturated heterocycles. The molecular formula is C17H29NO3. The summed E-state index contributed by atoms with van der Waals surface area (Å²) in [6.07, 6.45) is 5.35. The van der Waals surface area contributed by atoms with Crippen LogP contribution in [0.15, 0.2) is 11.6 Å². The lowest BCUT2D eigenvalue weighted by molar-refractivity contribution is -0.121. The van der Waals surface area contributed by atoms with E-state index in [9.17, 15) is 14.4 Å². The van der Waals surface area contributed by atoms with Gasteiger partial charge in [0.05, 0.1) is 0 Å². The van der Waals surface area contributed by atoms with E-state index in [1.165, 1.54) is 0 Å². The molecule has 1 atom stereocenters. The molecule has 0 rings (SSSR count). The Morgan fingerprint density at radius 1 is 1.00 bits per heavy atom. The molecule has 0 fully saturated rings. The molecule has 0 aromatic rings. The van der Waals surface area contributed by atoms with Gasteiger partial charge in [-0.1, -0.05) is 13.0 Å². The zero-order valence-electron chi connectivity index (χ0n) is 14.0. The lowest BCUT2D eigenvalue weighted by Crippen LogP contribution is -2.24. The summed E-state index contributed by atoms with van der Waals surface area (Å²) in [4.78, 5) is 34.6. The minimum atomic E-state index is -0.151. The Labute approximate surface area is 128 Å². The van der Waals surface area contributed by atoms with Crippen molar-refractivity contribution in [2.24, 2.45) is 5.41 Å². The number of carbonyl (C=O) groups is 3. The highest BCUT2D eigenvalue weighted by Crippen LogP contribution is 2.35. The summed E-state index contributed by atoms with van der Waals surface area (Å²) in [5, 5.41) is 2.61. The van der Waals surface area contributed by atoms with Gasteiger partial charge in [0.25, 0.3) is 0 Å². The second-order valence-corrected chi connectivity index (χ2v) is 6.08. The molecule has 4 nitrogen and oxygen atoms in total. The summed E-state index contributed by atoms with van der Waals surface area (Å²) in [6, 6.07) is 0. The number of carbonyl (C=O) groups excluding carboxylic acids is 3. The molecule has 0 aromatic carbocycles. The maximum absolute atomic E-state index is 11.9. The second kappa shape index (κ2) is 9.48. The third-order valence-corrected chi connectivity index (χ3v) is 4.14. The number of hydrogen-bond acceptors (Lipinski definition) is 3. The highest BCUT2D eigenvalue weighted by molar-refractivity contribution is 5.94. The summed E-state index contributed by atoms with van der Waals surface area (Å²) in [6.45, 7) is 7.32. The van der Waals surface area contributed by atoms with Crippen molar-refractivity contribution in [1.82, 2.24) is 5.32 Å². The van der Waals surface area contributed by atoms with E-state index in [1.807, 2.05) is 19.9 Å². The molecule has 1 N–H and O–H groups in total. The van der Waals surface area contributed by atoms with Gasteiger partial charge in [-0.15, -0.1) is 0 Å². The van der Waals surface area contributed by atoms with E-state index < -0.39 is 0 Å². The minimum Gasteiger partial charge on any atom is -0.359 e. The molecule has 0 saturated carbocycles. The zero-order valence-corrected chi connectivity index (χ0v) is 14.0. The zero-order chi connectivity index (χ0) is 16.5. The van der Waals surface area contributed by atoms with Crippen LogP contribution in [0, 0.1) is 5.41 Å². The van der Waals surface area contributed by atoms with Crippen LogP contribution in [0.4, 0.5) is 0 Å². The van der Waals surface area contributed by atoms with Crippen LogP contribution < -0.4 is 5.32 Å². The maximum atomic E-state index is 11.9. The van der Waals surface area contributed by atoms with Crippen LogP contribution in [0.1, 0.15) is 66.2 Å². The Bertz CT molecular complexity index is 412.